The van der Waals surface area contributed by atoms with Gasteiger partial charge in [0.25, 0.3) is 0 Å². The van der Waals surface area contributed by atoms with Crippen LogP contribution in [-0.4, -0.2) is 11.0 Å². The Balaban J connectivity index is 1.76. The number of nitrogens with zero attached hydrogens (tertiary/aromatic N) is 1. The summed E-state index contributed by atoms with van der Waals surface area (Å²) in [7, 11) is 0. The molecule has 0 bridgehead atoms. The van der Waals surface area contributed by atoms with E-state index < -0.39 is 0 Å². The molecule has 1 saturated carbocycles. The molecule has 1 heterocycles. The van der Waals surface area contributed by atoms with E-state index in [0.29, 0.717) is 11.2 Å². The van der Waals surface area contributed by atoms with Crippen LogP contribution in [0.3, 0.4) is 0 Å². The summed E-state index contributed by atoms with van der Waals surface area (Å²) in [6, 6.07) is 0.614. The lowest BCUT2D eigenvalue weighted by molar-refractivity contribution is 0.281. The van der Waals surface area contributed by atoms with E-state index in [9.17, 15) is 0 Å². The third-order valence-electron chi connectivity index (χ3n) is 3.53. The molecule has 3 N–H and O–H groups in total. The minimum Gasteiger partial charge on any atom is -0.375 e. The van der Waals surface area contributed by atoms with Gasteiger partial charge in [0.1, 0.15) is 0 Å². The number of nitrogens with one attached hydrogen (secondary N) is 1. The van der Waals surface area contributed by atoms with Crippen LogP contribution in [0.15, 0.2) is 6.20 Å². The molecule has 2 rings (SSSR count). The zero-order valence-electron chi connectivity index (χ0n) is 9.91. The molecule has 1 fully saturated rings. The first-order chi connectivity index (χ1) is 7.75. The first-order valence-corrected chi connectivity index (χ1v) is 7.01. The molecule has 0 spiro atoms. The van der Waals surface area contributed by atoms with E-state index in [2.05, 4.69) is 17.2 Å². The summed E-state index contributed by atoms with van der Waals surface area (Å²) >= 11 is 1.58. The van der Waals surface area contributed by atoms with Gasteiger partial charge in [-0.1, -0.05) is 19.3 Å². The van der Waals surface area contributed by atoms with Crippen molar-refractivity contribution in [1.82, 2.24) is 10.3 Å². The molecule has 1 aromatic heterocycles. The van der Waals surface area contributed by atoms with E-state index in [1.165, 1.54) is 37.0 Å². The molecule has 0 aliphatic heterocycles. The zero-order chi connectivity index (χ0) is 11.4. The number of nitrogens with two attached hydrogens (primary N) is 1. The van der Waals surface area contributed by atoms with Crippen LogP contribution in [0.2, 0.25) is 0 Å². The quantitative estimate of drug-likeness (QED) is 0.849. The normalized spacial score (nSPS) is 19.8. The topological polar surface area (TPSA) is 50.9 Å². The number of aromatic nitrogens is 1. The van der Waals surface area contributed by atoms with Crippen molar-refractivity contribution in [2.75, 3.05) is 5.73 Å². The third-order valence-corrected chi connectivity index (χ3v) is 4.35. The highest BCUT2D eigenvalue weighted by Gasteiger charge is 2.19. The molecule has 4 heteroatoms. The predicted octanol–water partition coefficient (Wildman–Crippen LogP) is 2.78. The Labute approximate surface area is 101 Å². The van der Waals surface area contributed by atoms with Gasteiger partial charge in [-0.05, 0) is 25.7 Å². The minimum atomic E-state index is 0.614. The summed E-state index contributed by atoms with van der Waals surface area (Å²) in [5.41, 5.74) is 5.61. The number of hydrogen-bond donors (Lipinski definition) is 2. The summed E-state index contributed by atoms with van der Waals surface area (Å²) < 4.78 is 0. The Morgan fingerprint density at radius 3 is 2.88 bits per heavy atom. The Hall–Kier alpha value is -0.610. The van der Waals surface area contributed by atoms with Gasteiger partial charge in [-0.3, -0.25) is 0 Å². The average molecular weight is 239 g/mol. The van der Waals surface area contributed by atoms with E-state index in [0.717, 1.165) is 12.5 Å². The van der Waals surface area contributed by atoms with E-state index in [4.69, 9.17) is 5.73 Å². The van der Waals surface area contributed by atoms with Crippen molar-refractivity contribution in [2.45, 2.75) is 51.6 Å². The maximum atomic E-state index is 5.61. The molecular weight excluding hydrogens is 218 g/mol. The Kier molecular flexibility index (Phi) is 4.18. The predicted molar refractivity (Wildman–Crippen MR) is 69.4 cm³/mol. The van der Waals surface area contributed by atoms with Crippen molar-refractivity contribution in [3.8, 4) is 0 Å². The molecule has 1 atom stereocenters. The highest BCUT2D eigenvalue weighted by atomic mass is 32.1. The van der Waals surface area contributed by atoms with Crippen molar-refractivity contribution >= 4 is 16.5 Å². The monoisotopic (exact) mass is 239 g/mol. The van der Waals surface area contributed by atoms with E-state index in [1.807, 2.05) is 6.20 Å². The fourth-order valence-corrected chi connectivity index (χ4v) is 3.10. The second kappa shape index (κ2) is 5.64. The standard InChI is InChI=1S/C12H21N3S/c1-9(10-5-3-2-4-6-10)14-7-11-8-15-12(13)16-11/h8-10,14H,2-7H2,1H3,(H2,13,15). The Morgan fingerprint density at radius 2 is 2.25 bits per heavy atom. The second-order valence-corrected chi connectivity index (χ2v) is 5.88. The van der Waals surface area contributed by atoms with E-state index in [1.54, 1.807) is 11.3 Å². The van der Waals surface area contributed by atoms with Crippen LogP contribution in [0.4, 0.5) is 5.13 Å². The van der Waals surface area contributed by atoms with Gasteiger partial charge < -0.3 is 11.1 Å². The number of anilines is 1. The van der Waals surface area contributed by atoms with Crippen LogP contribution in [0, 0.1) is 5.92 Å². The molecule has 0 saturated heterocycles. The first kappa shape index (κ1) is 11.9. The highest BCUT2D eigenvalue weighted by Crippen LogP contribution is 2.26. The van der Waals surface area contributed by atoms with Crippen LogP contribution < -0.4 is 11.1 Å². The van der Waals surface area contributed by atoms with Crippen LogP contribution in [0.25, 0.3) is 0 Å². The summed E-state index contributed by atoms with van der Waals surface area (Å²) in [4.78, 5) is 5.30. The Bertz CT molecular complexity index is 318. The van der Waals surface area contributed by atoms with Crippen LogP contribution in [-0.2, 0) is 6.54 Å². The van der Waals surface area contributed by atoms with Crippen LogP contribution in [0.1, 0.15) is 43.9 Å². The molecule has 1 aliphatic rings. The molecule has 90 valence electrons. The van der Waals surface area contributed by atoms with Gasteiger partial charge in [0.15, 0.2) is 5.13 Å². The molecule has 0 amide bonds. The molecule has 16 heavy (non-hydrogen) atoms. The number of thiazole rings is 1. The minimum absolute atomic E-state index is 0.614. The van der Waals surface area contributed by atoms with Crippen LogP contribution >= 0.6 is 11.3 Å². The van der Waals surface area contributed by atoms with Gasteiger partial charge in [0.05, 0.1) is 0 Å². The maximum Gasteiger partial charge on any atom is 0.180 e. The highest BCUT2D eigenvalue weighted by molar-refractivity contribution is 7.15. The van der Waals surface area contributed by atoms with Crippen molar-refractivity contribution in [3.05, 3.63) is 11.1 Å². The molecule has 0 aromatic carbocycles. The Morgan fingerprint density at radius 1 is 1.50 bits per heavy atom. The molecule has 0 radical (unpaired) electrons. The molecule has 1 aliphatic carbocycles. The van der Waals surface area contributed by atoms with Crippen molar-refractivity contribution in [1.29, 1.82) is 0 Å². The summed E-state index contributed by atoms with van der Waals surface area (Å²) in [5, 5.41) is 4.27. The SMILES string of the molecule is CC(NCc1cnc(N)s1)C1CCCCC1. The lowest BCUT2D eigenvalue weighted by Gasteiger charge is -2.28. The van der Waals surface area contributed by atoms with Gasteiger partial charge in [-0.2, -0.15) is 0 Å². The smallest absolute Gasteiger partial charge is 0.180 e. The van der Waals surface area contributed by atoms with Gasteiger partial charge in [0.2, 0.25) is 0 Å². The fraction of sp³-hybridized carbons (Fsp3) is 0.750. The van der Waals surface area contributed by atoms with Crippen LogP contribution in [0.5, 0.6) is 0 Å². The lowest BCUT2D eigenvalue weighted by Crippen LogP contribution is -2.34. The molecular formula is C12H21N3S. The lowest BCUT2D eigenvalue weighted by atomic mass is 9.84. The van der Waals surface area contributed by atoms with Crippen molar-refractivity contribution in [2.24, 2.45) is 5.92 Å². The number of rotatable bonds is 4. The maximum absolute atomic E-state index is 5.61. The second-order valence-electron chi connectivity index (χ2n) is 4.73. The first-order valence-electron chi connectivity index (χ1n) is 6.19. The van der Waals surface area contributed by atoms with Crippen molar-refractivity contribution < 1.29 is 0 Å². The van der Waals surface area contributed by atoms with Gasteiger partial charge >= 0.3 is 0 Å². The molecule has 3 nitrogen and oxygen atoms in total. The van der Waals surface area contributed by atoms with E-state index >= 15 is 0 Å². The summed E-state index contributed by atoms with van der Waals surface area (Å²) in [6.07, 6.45) is 8.89. The van der Waals surface area contributed by atoms with Gasteiger partial charge in [-0.25, -0.2) is 4.98 Å². The third kappa shape index (κ3) is 3.19. The largest absolute Gasteiger partial charge is 0.375 e. The molecule has 1 unspecified atom stereocenters. The number of nitrogen functional groups attached to an aromatic ring is 1. The fourth-order valence-electron chi connectivity index (χ4n) is 2.47. The van der Waals surface area contributed by atoms with Crippen molar-refractivity contribution in [3.63, 3.8) is 0 Å². The van der Waals surface area contributed by atoms with Gasteiger partial charge in [-0.15, -0.1) is 11.3 Å². The summed E-state index contributed by atoms with van der Waals surface area (Å²) in [6.45, 7) is 3.22. The average Bonchev–Trinajstić information content (AvgIpc) is 2.73. The zero-order valence-corrected chi connectivity index (χ0v) is 10.7. The number of hydrogen-bond acceptors (Lipinski definition) is 4. The van der Waals surface area contributed by atoms with Gasteiger partial charge in [0, 0.05) is 23.7 Å². The summed E-state index contributed by atoms with van der Waals surface area (Å²) in [5.74, 6) is 0.860. The van der Waals surface area contributed by atoms with E-state index in [-0.39, 0.29) is 0 Å². The molecule has 1 aromatic rings.